The van der Waals surface area contributed by atoms with Crippen molar-refractivity contribution in [2.75, 3.05) is 47.0 Å². The highest BCUT2D eigenvalue weighted by molar-refractivity contribution is 5.94. The van der Waals surface area contributed by atoms with E-state index in [0.29, 0.717) is 68.6 Å². The first-order valence-electron chi connectivity index (χ1n) is 14.7. The molecule has 1 saturated heterocycles. The fraction of sp³-hybridized carbons (Fsp3) is 0.424. The van der Waals surface area contributed by atoms with E-state index < -0.39 is 0 Å². The lowest BCUT2D eigenvalue weighted by molar-refractivity contribution is -0.125. The summed E-state index contributed by atoms with van der Waals surface area (Å²) >= 11 is 0. The van der Waals surface area contributed by atoms with Crippen molar-refractivity contribution in [2.45, 2.75) is 45.1 Å². The lowest BCUT2D eigenvalue weighted by atomic mass is 10.0. The summed E-state index contributed by atoms with van der Waals surface area (Å²) in [4.78, 5) is 35.0. The number of piperidine rings is 1. The Morgan fingerprint density at radius 1 is 1.09 bits per heavy atom. The number of carbonyl (C=O) groups excluding carboxylic acids is 2. The van der Waals surface area contributed by atoms with E-state index in [2.05, 4.69) is 15.2 Å². The summed E-state index contributed by atoms with van der Waals surface area (Å²) in [6.45, 7) is 5.07. The SMILES string of the molecule is COCCCN1CC(=O)N[C@H]2CN(C(=O)c3ccc(C)nc3)CC[C@H]2OCc2cccc(c2)Oc2cc(ccc2OC)C1. The number of pyridine rings is 1. The predicted molar refractivity (Wildman–Crippen MR) is 161 cm³/mol. The van der Waals surface area contributed by atoms with Crippen LogP contribution < -0.4 is 14.8 Å². The summed E-state index contributed by atoms with van der Waals surface area (Å²) in [6, 6.07) is 16.9. The van der Waals surface area contributed by atoms with Crippen molar-refractivity contribution in [3.05, 3.63) is 83.2 Å². The summed E-state index contributed by atoms with van der Waals surface area (Å²) in [5.41, 5.74) is 3.32. The number of rotatable bonds is 6. The molecule has 4 bridgehead atoms. The van der Waals surface area contributed by atoms with Gasteiger partial charge in [-0.05, 0) is 67.3 Å². The molecule has 0 unspecified atom stereocenters. The third kappa shape index (κ3) is 8.10. The number of hydrogen-bond acceptors (Lipinski definition) is 8. The number of methoxy groups -OCH3 is 2. The molecule has 1 fully saturated rings. The van der Waals surface area contributed by atoms with Crippen LogP contribution in [0.1, 0.15) is 40.0 Å². The molecule has 0 spiro atoms. The molecule has 2 atom stereocenters. The van der Waals surface area contributed by atoms with Crippen LogP contribution in [0.2, 0.25) is 0 Å². The molecule has 0 aliphatic carbocycles. The Bertz CT molecular complexity index is 1400. The molecule has 10 heteroatoms. The number of nitrogens with one attached hydrogen (secondary N) is 1. The van der Waals surface area contributed by atoms with E-state index in [1.807, 2.05) is 55.5 Å². The largest absolute Gasteiger partial charge is 0.493 e. The number of benzene rings is 2. The van der Waals surface area contributed by atoms with Gasteiger partial charge in [0.2, 0.25) is 5.91 Å². The van der Waals surface area contributed by atoms with Crippen molar-refractivity contribution >= 4 is 11.8 Å². The Kier molecular flexibility index (Phi) is 10.2. The number of hydrogen-bond donors (Lipinski definition) is 1. The van der Waals surface area contributed by atoms with E-state index in [4.69, 9.17) is 18.9 Å². The summed E-state index contributed by atoms with van der Waals surface area (Å²) < 4.78 is 23.5. The standard InChI is InChI=1S/C33H40N4O6/c1-23-8-10-26(18-34-23)33(39)37-14-12-29-28(20-37)35-32(38)21-36(13-5-15-40-2)19-24-9-11-30(41-3)31(17-24)43-27-7-4-6-25(16-27)22-42-29/h4,6-11,16-18,28-29H,5,12-15,19-22H2,1-3H3,(H,35,38)/t28-,29+/m0/s1. The molecule has 2 aliphatic heterocycles. The average molecular weight is 589 g/mol. The van der Waals surface area contributed by atoms with Crippen LogP contribution in [0.25, 0.3) is 0 Å². The molecule has 0 radical (unpaired) electrons. The summed E-state index contributed by atoms with van der Waals surface area (Å²) in [7, 11) is 3.29. The van der Waals surface area contributed by atoms with Crippen molar-refractivity contribution in [1.82, 2.24) is 20.1 Å². The van der Waals surface area contributed by atoms with E-state index in [1.54, 1.807) is 31.4 Å². The van der Waals surface area contributed by atoms with Gasteiger partial charge in [-0.1, -0.05) is 18.2 Å². The first-order chi connectivity index (χ1) is 20.9. The number of carbonyl (C=O) groups is 2. The van der Waals surface area contributed by atoms with Crippen LogP contribution in [0.3, 0.4) is 0 Å². The van der Waals surface area contributed by atoms with E-state index in [1.165, 1.54) is 0 Å². The van der Waals surface area contributed by atoms with Crippen molar-refractivity contribution in [2.24, 2.45) is 0 Å². The van der Waals surface area contributed by atoms with E-state index in [-0.39, 0.29) is 30.5 Å². The number of likely N-dealkylation sites (tertiary alicyclic amines) is 1. The zero-order valence-corrected chi connectivity index (χ0v) is 25.1. The number of ether oxygens (including phenoxy) is 4. The van der Waals surface area contributed by atoms with Crippen molar-refractivity contribution in [3.8, 4) is 17.2 Å². The topological polar surface area (TPSA) is 102 Å². The quantitative estimate of drug-likeness (QED) is 0.432. The number of aryl methyl sites for hydroxylation is 1. The third-order valence-electron chi connectivity index (χ3n) is 7.76. The van der Waals surface area contributed by atoms with Gasteiger partial charge in [0.15, 0.2) is 11.5 Å². The second-order valence-corrected chi connectivity index (χ2v) is 11.0. The molecule has 43 heavy (non-hydrogen) atoms. The lowest BCUT2D eigenvalue weighted by Gasteiger charge is -2.39. The van der Waals surface area contributed by atoms with Gasteiger partial charge < -0.3 is 29.2 Å². The molecule has 10 nitrogen and oxygen atoms in total. The van der Waals surface area contributed by atoms with Crippen LogP contribution in [0.15, 0.2) is 60.8 Å². The number of amides is 2. The van der Waals surface area contributed by atoms with Gasteiger partial charge in [0.05, 0.1) is 38.0 Å². The molecule has 2 aromatic carbocycles. The van der Waals surface area contributed by atoms with Crippen LogP contribution >= 0.6 is 0 Å². The van der Waals surface area contributed by atoms with E-state index in [0.717, 1.165) is 23.2 Å². The first-order valence-corrected chi connectivity index (χ1v) is 14.7. The monoisotopic (exact) mass is 588 g/mol. The second kappa shape index (κ2) is 14.5. The van der Waals surface area contributed by atoms with Crippen molar-refractivity contribution in [3.63, 3.8) is 0 Å². The Morgan fingerprint density at radius 2 is 1.98 bits per heavy atom. The van der Waals surface area contributed by atoms with Gasteiger partial charge in [0, 0.05) is 51.8 Å². The van der Waals surface area contributed by atoms with Crippen LogP contribution in [0.4, 0.5) is 0 Å². The van der Waals surface area contributed by atoms with E-state index >= 15 is 0 Å². The Hall–Kier alpha value is -3.99. The summed E-state index contributed by atoms with van der Waals surface area (Å²) in [5.74, 6) is 1.68. The minimum atomic E-state index is -0.371. The highest BCUT2D eigenvalue weighted by Gasteiger charge is 2.34. The van der Waals surface area contributed by atoms with Gasteiger partial charge in [-0.25, -0.2) is 0 Å². The molecular weight excluding hydrogens is 548 g/mol. The Morgan fingerprint density at radius 3 is 2.77 bits per heavy atom. The molecular formula is C33H40N4O6. The molecule has 2 aliphatic rings. The zero-order chi connectivity index (χ0) is 30.2. The van der Waals surface area contributed by atoms with Gasteiger partial charge >= 0.3 is 0 Å². The minimum Gasteiger partial charge on any atom is -0.493 e. The van der Waals surface area contributed by atoms with Crippen molar-refractivity contribution < 1.29 is 28.5 Å². The highest BCUT2D eigenvalue weighted by Crippen LogP contribution is 2.33. The highest BCUT2D eigenvalue weighted by atomic mass is 16.5. The maximum Gasteiger partial charge on any atom is 0.255 e. The van der Waals surface area contributed by atoms with Crippen LogP contribution in [-0.2, 0) is 27.4 Å². The number of nitrogens with zero attached hydrogens (tertiary/aromatic N) is 3. The summed E-state index contributed by atoms with van der Waals surface area (Å²) in [5, 5.41) is 3.21. The molecule has 1 aromatic heterocycles. The van der Waals surface area contributed by atoms with E-state index in [9.17, 15) is 9.59 Å². The van der Waals surface area contributed by atoms with Gasteiger partial charge in [-0.2, -0.15) is 0 Å². The van der Waals surface area contributed by atoms with Gasteiger partial charge in [-0.15, -0.1) is 0 Å². The fourth-order valence-corrected chi connectivity index (χ4v) is 5.52. The van der Waals surface area contributed by atoms with Gasteiger partial charge in [0.25, 0.3) is 5.91 Å². The average Bonchev–Trinajstić information content (AvgIpc) is 3.00. The summed E-state index contributed by atoms with van der Waals surface area (Å²) in [6.07, 6.45) is 2.70. The molecule has 1 N–H and O–H groups in total. The second-order valence-electron chi connectivity index (χ2n) is 11.0. The number of fused-ring (bicyclic) bond motifs is 5. The molecule has 3 aromatic rings. The lowest BCUT2D eigenvalue weighted by Crippen LogP contribution is -2.58. The van der Waals surface area contributed by atoms with Gasteiger partial charge in [0.1, 0.15) is 5.75 Å². The number of aromatic nitrogens is 1. The first kappa shape index (κ1) is 30.5. The fourth-order valence-electron chi connectivity index (χ4n) is 5.52. The molecule has 2 amide bonds. The molecule has 5 rings (SSSR count). The normalized spacial score (nSPS) is 19.6. The molecule has 0 saturated carbocycles. The maximum atomic E-state index is 13.5. The predicted octanol–water partition coefficient (Wildman–Crippen LogP) is 3.96. The molecule has 3 heterocycles. The maximum absolute atomic E-state index is 13.5. The van der Waals surface area contributed by atoms with Crippen LogP contribution in [0.5, 0.6) is 17.2 Å². The van der Waals surface area contributed by atoms with Gasteiger partial charge in [-0.3, -0.25) is 19.5 Å². The minimum absolute atomic E-state index is 0.103. The Balaban J connectivity index is 1.41. The van der Waals surface area contributed by atoms with Crippen molar-refractivity contribution in [1.29, 1.82) is 0 Å². The smallest absolute Gasteiger partial charge is 0.255 e. The van der Waals surface area contributed by atoms with Crippen LogP contribution in [-0.4, -0.2) is 85.7 Å². The molecule has 228 valence electrons. The Labute approximate surface area is 252 Å². The van der Waals surface area contributed by atoms with Crippen LogP contribution in [0, 0.1) is 6.92 Å². The zero-order valence-electron chi connectivity index (χ0n) is 25.1. The third-order valence-corrected chi connectivity index (χ3v) is 7.76.